The van der Waals surface area contributed by atoms with E-state index in [4.69, 9.17) is 28.0 Å². The second-order valence-corrected chi connectivity index (χ2v) is 10.9. The van der Waals surface area contributed by atoms with Crippen LogP contribution in [0.4, 0.5) is 0 Å². The molecule has 0 aromatic heterocycles. The molecule has 9 heteroatoms. The summed E-state index contributed by atoms with van der Waals surface area (Å²) >= 11 is 12.9. The van der Waals surface area contributed by atoms with Crippen molar-refractivity contribution in [2.45, 2.75) is 63.0 Å². The van der Waals surface area contributed by atoms with Gasteiger partial charge in [0.2, 0.25) is 0 Å². The average Bonchev–Trinajstić information content (AvgIpc) is 2.94. The van der Waals surface area contributed by atoms with E-state index in [1.165, 1.54) is 0 Å². The van der Waals surface area contributed by atoms with Crippen molar-refractivity contribution in [3.05, 3.63) is 105 Å². The molecule has 39 heavy (non-hydrogen) atoms. The lowest BCUT2D eigenvalue weighted by Gasteiger charge is -2.48. The number of hydroxylamine groups is 1. The molecule has 1 heterocycles. The summed E-state index contributed by atoms with van der Waals surface area (Å²) < 4.78 is 0. The van der Waals surface area contributed by atoms with Gasteiger partial charge in [0.1, 0.15) is 0 Å². The summed E-state index contributed by atoms with van der Waals surface area (Å²) in [5.41, 5.74) is 5.64. The number of fused-ring (bicyclic) bond motifs is 1. The third kappa shape index (κ3) is 5.69. The summed E-state index contributed by atoms with van der Waals surface area (Å²) in [6.07, 6.45) is 2.20. The molecule has 0 radical (unpaired) electrons. The maximum absolute atomic E-state index is 14.0. The molecule has 0 bridgehead atoms. The molecule has 5 rings (SSSR count). The normalized spacial score (nSPS) is 22.9. The van der Waals surface area contributed by atoms with Crippen LogP contribution >= 0.6 is 23.2 Å². The van der Waals surface area contributed by atoms with Crippen LogP contribution in [0.5, 0.6) is 0 Å². The predicted octanol–water partition coefficient (Wildman–Crippen LogP) is 5.32. The van der Waals surface area contributed by atoms with Gasteiger partial charge in [0.05, 0.1) is 37.3 Å². The Bertz CT molecular complexity index is 1370. The fourth-order valence-electron chi connectivity index (χ4n) is 5.76. The molecule has 3 aromatic carbocycles. The smallest absolute Gasteiger partial charge is 0.255 e. The third-order valence-corrected chi connectivity index (χ3v) is 8.14. The van der Waals surface area contributed by atoms with Gasteiger partial charge in [-0.1, -0.05) is 84.6 Å². The van der Waals surface area contributed by atoms with Crippen LogP contribution in [0.2, 0.25) is 10.0 Å². The number of benzene rings is 3. The number of rotatable bonds is 7. The van der Waals surface area contributed by atoms with Crippen LogP contribution in [0.25, 0.3) is 0 Å². The topological polar surface area (TPSA) is 99.1 Å². The van der Waals surface area contributed by atoms with Crippen LogP contribution in [0.1, 0.15) is 70.3 Å². The van der Waals surface area contributed by atoms with E-state index in [-0.39, 0.29) is 19.1 Å². The van der Waals surface area contributed by atoms with Gasteiger partial charge >= 0.3 is 0 Å². The lowest BCUT2D eigenvalue weighted by atomic mass is 9.77. The Morgan fingerprint density at radius 3 is 2.51 bits per heavy atom. The Morgan fingerprint density at radius 1 is 0.974 bits per heavy atom. The summed E-state index contributed by atoms with van der Waals surface area (Å²) in [6, 6.07) is 18.0. The van der Waals surface area contributed by atoms with E-state index in [1.807, 2.05) is 6.07 Å². The monoisotopic (exact) mass is 568 g/mol. The van der Waals surface area contributed by atoms with Crippen LogP contribution in [-0.4, -0.2) is 39.1 Å². The first-order valence-electron chi connectivity index (χ1n) is 13.0. The summed E-state index contributed by atoms with van der Waals surface area (Å²) in [6.45, 7) is -0.0102. The van der Waals surface area contributed by atoms with Gasteiger partial charge in [-0.15, -0.1) is 0 Å². The maximum Gasteiger partial charge on any atom is 0.255 e. The van der Waals surface area contributed by atoms with Crippen molar-refractivity contribution < 1.29 is 24.6 Å². The highest BCUT2D eigenvalue weighted by Gasteiger charge is 2.49. The van der Waals surface area contributed by atoms with E-state index in [2.05, 4.69) is 5.48 Å². The zero-order valence-electron chi connectivity index (χ0n) is 21.2. The molecule has 204 valence electrons. The van der Waals surface area contributed by atoms with Crippen molar-refractivity contribution in [2.24, 2.45) is 0 Å². The van der Waals surface area contributed by atoms with Crippen molar-refractivity contribution >= 4 is 35.0 Å². The van der Waals surface area contributed by atoms with Gasteiger partial charge in [0.25, 0.3) is 11.8 Å². The average molecular weight is 569 g/mol. The summed E-state index contributed by atoms with van der Waals surface area (Å²) in [5.74, 6) is -1.56. The Kier molecular flexibility index (Phi) is 8.54. The molecule has 7 nitrogen and oxygen atoms in total. The number of carbonyl (C=O) groups excluding carboxylic acids is 2. The second-order valence-electron chi connectivity index (χ2n) is 10.0. The number of halogens is 2. The van der Waals surface area contributed by atoms with Crippen LogP contribution in [0.3, 0.4) is 0 Å². The fraction of sp³-hybridized carbons (Fsp3) is 0.333. The molecule has 1 aliphatic carbocycles. The van der Waals surface area contributed by atoms with E-state index in [9.17, 15) is 19.8 Å². The molecular weight excluding hydrogens is 539 g/mol. The number of hydrogen-bond donors (Lipinski definition) is 3. The van der Waals surface area contributed by atoms with Gasteiger partial charge in [0, 0.05) is 15.6 Å². The first-order valence-corrected chi connectivity index (χ1v) is 13.8. The van der Waals surface area contributed by atoms with E-state index in [0.29, 0.717) is 39.6 Å². The highest BCUT2D eigenvalue weighted by atomic mass is 35.5. The number of amides is 2. The molecule has 4 atom stereocenters. The molecule has 3 aromatic rings. The van der Waals surface area contributed by atoms with Crippen LogP contribution < -0.4 is 5.48 Å². The standard InChI is InChI=1S/C30H30Cl2N2O5/c31-20-12-13-23(24(32)15-20)28-27(29(37)33-39-17-19-7-5-6-18(14-19)16-35)21-8-1-2-9-22(21)30(38)34(28)25-10-3-4-11-26(25)36/h1-2,5-9,12-15,25-28,35-36H,3-4,10-11,16-17H2,(H,33,37)/t25-,26-,27+,28-/m0/s1. The van der Waals surface area contributed by atoms with E-state index >= 15 is 0 Å². The summed E-state index contributed by atoms with van der Waals surface area (Å²) in [4.78, 5) is 35.2. The first-order chi connectivity index (χ1) is 18.9. The van der Waals surface area contributed by atoms with Crippen molar-refractivity contribution in [1.82, 2.24) is 10.4 Å². The van der Waals surface area contributed by atoms with Crippen molar-refractivity contribution in [2.75, 3.05) is 0 Å². The number of nitrogens with zero attached hydrogens (tertiary/aromatic N) is 1. The van der Waals surface area contributed by atoms with Gasteiger partial charge in [-0.2, -0.15) is 0 Å². The van der Waals surface area contributed by atoms with Gasteiger partial charge in [0.15, 0.2) is 0 Å². The van der Waals surface area contributed by atoms with E-state index in [1.54, 1.807) is 65.6 Å². The minimum atomic E-state index is -0.865. The summed E-state index contributed by atoms with van der Waals surface area (Å²) in [7, 11) is 0. The zero-order valence-corrected chi connectivity index (χ0v) is 22.7. The number of carbonyl (C=O) groups is 2. The molecule has 0 spiro atoms. The maximum atomic E-state index is 14.0. The van der Waals surface area contributed by atoms with Crippen LogP contribution in [0.15, 0.2) is 66.7 Å². The molecule has 0 saturated heterocycles. The minimum Gasteiger partial charge on any atom is -0.392 e. The Morgan fingerprint density at radius 2 is 1.74 bits per heavy atom. The molecule has 2 aliphatic rings. The molecular formula is C30H30Cl2N2O5. The fourth-order valence-corrected chi connectivity index (χ4v) is 6.28. The highest BCUT2D eigenvalue weighted by molar-refractivity contribution is 6.35. The second kappa shape index (κ2) is 12.1. The lowest BCUT2D eigenvalue weighted by Crippen LogP contribution is -2.55. The van der Waals surface area contributed by atoms with Gasteiger partial charge < -0.3 is 15.1 Å². The zero-order chi connectivity index (χ0) is 27.5. The first kappa shape index (κ1) is 27.6. The van der Waals surface area contributed by atoms with Crippen molar-refractivity contribution in [3.8, 4) is 0 Å². The van der Waals surface area contributed by atoms with Crippen LogP contribution in [0, 0.1) is 0 Å². The minimum absolute atomic E-state index is 0.0876. The lowest BCUT2D eigenvalue weighted by molar-refractivity contribution is -0.138. The van der Waals surface area contributed by atoms with E-state index < -0.39 is 30.0 Å². The largest absolute Gasteiger partial charge is 0.392 e. The molecule has 3 N–H and O–H groups in total. The Labute approximate surface area is 237 Å². The molecule has 1 fully saturated rings. The molecule has 0 unspecified atom stereocenters. The molecule has 1 aliphatic heterocycles. The van der Waals surface area contributed by atoms with Crippen molar-refractivity contribution in [3.63, 3.8) is 0 Å². The van der Waals surface area contributed by atoms with Crippen molar-refractivity contribution in [1.29, 1.82) is 0 Å². The van der Waals surface area contributed by atoms with Gasteiger partial charge in [-0.3, -0.25) is 14.4 Å². The third-order valence-electron chi connectivity index (χ3n) is 7.58. The predicted molar refractivity (Wildman–Crippen MR) is 148 cm³/mol. The van der Waals surface area contributed by atoms with Gasteiger partial charge in [-0.05, 0) is 53.3 Å². The Hall–Kier alpha value is -2.94. The quantitative estimate of drug-likeness (QED) is 0.335. The number of hydrogen-bond acceptors (Lipinski definition) is 5. The van der Waals surface area contributed by atoms with Crippen LogP contribution in [-0.2, 0) is 22.8 Å². The SMILES string of the molecule is O=C(NOCc1cccc(CO)c1)[C@@H]1c2ccccc2C(=O)N([C@H]2CCCC[C@@H]2O)[C@H]1c1ccc(Cl)cc1Cl. The van der Waals surface area contributed by atoms with Gasteiger partial charge in [-0.25, -0.2) is 5.48 Å². The highest BCUT2D eigenvalue weighted by Crippen LogP contribution is 2.47. The number of nitrogens with one attached hydrogen (secondary N) is 1. The van der Waals surface area contributed by atoms with E-state index in [0.717, 1.165) is 24.0 Å². The molecule has 2 amide bonds. The Balaban J connectivity index is 1.54. The molecule has 1 saturated carbocycles. The number of aliphatic hydroxyl groups is 2. The summed E-state index contributed by atoms with van der Waals surface area (Å²) in [5, 5.41) is 21.2. The number of aliphatic hydroxyl groups excluding tert-OH is 2.